The maximum atomic E-state index is 14.0. The number of para-hydroxylation sites is 1. The number of aryl methyl sites for hydroxylation is 2. The SMILES string of the molecule is Cc1cc2c(C)c(C(=O)N3CCCCC3)oc2c(S(=O)(=O)N2CCN(c3ccccc3)CC2)c1C. The van der Waals surface area contributed by atoms with Crippen LogP contribution >= 0.6 is 0 Å². The predicted molar refractivity (Wildman–Crippen MR) is 138 cm³/mol. The summed E-state index contributed by atoms with van der Waals surface area (Å²) in [5.41, 5.74) is 3.66. The minimum atomic E-state index is -3.81. The van der Waals surface area contributed by atoms with Crippen LogP contribution in [0.5, 0.6) is 0 Å². The lowest BCUT2D eigenvalue weighted by atomic mass is 10.0. The zero-order chi connectivity index (χ0) is 24.7. The molecular formula is C27H33N3O4S. The smallest absolute Gasteiger partial charge is 0.289 e. The maximum absolute atomic E-state index is 14.0. The Bertz CT molecular complexity index is 1350. The molecule has 2 aliphatic rings. The largest absolute Gasteiger partial charge is 0.449 e. The second kappa shape index (κ2) is 9.32. The highest BCUT2D eigenvalue weighted by molar-refractivity contribution is 7.89. The predicted octanol–water partition coefficient (Wildman–Crippen LogP) is 4.50. The summed E-state index contributed by atoms with van der Waals surface area (Å²) in [6.45, 7) is 9.05. The van der Waals surface area contributed by atoms with Crippen molar-refractivity contribution in [3.05, 3.63) is 58.8 Å². The minimum absolute atomic E-state index is 0.145. The third-order valence-electron chi connectivity index (χ3n) is 7.49. The van der Waals surface area contributed by atoms with Crippen LogP contribution in [0.1, 0.15) is 46.5 Å². The molecule has 186 valence electrons. The Morgan fingerprint density at radius 3 is 2.17 bits per heavy atom. The number of furan rings is 1. The third kappa shape index (κ3) is 4.23. The van der Waals surface area contributed by atoms with Crippen LogP contribution in [0.2, 0.25) is 0 Å². The molecule has 0 unspecified atom stereocenters. The monoisotopic (exact) mass is 495 g/mol. The molecule has 8 heteroatoms. The van der Waals surface area contributed by atoms with Crippen LogP contribution in [0.3, 0.4) is 0 Å². The number of benzene rings is 2. The van der Waals surface area contributed by atoms with Gasteiger partial charge in [0, 0.05) is 55.9 Å². The second-order valence-electron chi connectivity index (χ2n) is 9.66. The van der Waals surface area contributed by atoms with E-state index in [4.69, 9.17) is 4.42 Å². The second-order valence-corrected chi connectivity index (χ2v) is 11.5. The molecular weight excluding hydrogens is 462 g/mol. The fourth-order valence-corrected chi connectivity index (χ4v) is 7.09. The lowest BCUT2D eigenvalue weighted by Gasteiger charge is -2.35. The first-order chi connectivity index (χ1) is 16.8. The standard InChI is InChI=1S/C27H33N3O4S/c1-19-18-23-21(3)24(27(31)29-12-8-5-9-13-29)34-25(23)26(20(19)2)35(32,33)30-16-14-28(15-17-30)22-10-6-4-7-11-22/h4,6-7,10-11,18H,5,8-9,12-17H2,1-3H3. The van der Waals surface area contributed by atoms with Gasteiger partial charge in [-0.1, -0.05) is 18.2 Å². The molecule has 1 amide bonds. The van der Waals surface area contributed by atoms with Gasteiger partial charge in [-0.25, -0.2) is 8.42 Å². The Balaban J connectivity index is 1.50. The molecule has 2 aliphatic heterocycles. The first-order valence-electron chi connectivity index (χ1n) is 12.4. The Kier molecular flexibility index (Phi) is 6.36. The molecule has 3 heterocycles. The molecule has 0 atom stereocenters. The van der Waals surface area contributed by atoms with Crippen LogP contribution in [-0.2, 0) is 10.0 Å². The van der Waals surface area contributed by atoms with Crippen LogP contribution < -0.4 is 4.90 Å². The van der Waals surface area contributed by atoms with Crippen molar-refractivity contribution in [2.45, 2.75) is 44.9 Å². The van der Waals surface area contributed by atoms with Crippen molar-refractivity contribution in [1.29, 1.82) is 0 Å². The summed E-state index contributed by atoms with van der Waals surface area (Å²) in [4.78, 5) is 17.5. The van der Waals surface area contributed by atoms with Crippen LogP contribution in [0, 0.1) is 20.8 Å². The highest BCUT2D eigenvalue weighted by atomic mass is 32.2. The summed E-state index contributed by atoms with van der Waals surface area (Å²) in [6, 6.07) is 12.0. The van der Waals surface area contributed by atoms with Crippen molar-refractivity contribution in [2.75, 3.05) is 44.2 Å². The number of sulfonamides is 1. The van der Waals surface area contributed by atoms with Gasteiger partial charge in [0.05, 0.1) is 0 Å². The average molecular weight is 496 g/mol. The molecule has 3 aromatic rings. The Labute approximate surface area is 207 Å². The summed E-state index contributed by atoms with van der Waals surface area (Å²) >= 11 is 0. The van der Waals surface area contributed by atoms with E-state index in [1.165, 1.54) is 0 Å². The number of likely N-dealkylation sites (tertiary alicyclic amines) is 1. The van der Waals surface area contributed by atoms with Crippen molar-refractivity contribution in [1.82, 2.24) is 9.21 Å². The van der Waals surface area contributed by atoms with E-state index in [9.17, 15) is 13.2 Å². The van der Waals surface area contributed by atoms with E-state index in [-0.39, 0.29) is 16.6 Å². The van der Waals surface area contributed by atoms with E-state index in [1.807, 2.05) is 62.1 Å². The summed E-state index contributed by atoms with van der Waals surface area (Å²) in [6.07, 6.45) is 3.09. The normalized spacial score (nSPS) is 17.8. The molecule has 35 heavy (non-hydrogen) atoms. The summed E-state index contributed by atoms with van der Waals surface area (Å²) < 4.78 is 35.6. The minimum Gasteiger partial charge on any atom is -0.449 e. The first kappa shape index (κ1) is 23.9. The molecule has 0 radical (unpaired) electrons. The van der Waals surface area contributed by atoms with Gasteiger partial charge in [0.2, 0.25) is 10.0 Å². The third-order valence-corrected chi connectivity index (χ3v) is 9.54. The highest BCUT2D eigenvalue weighted by Gasteiger charge is 2.35. The fourth-order valence-electron chi connectivity index (χ4n) is 5.25. The van der Waals surface area contributed by atoms with Gasteiger partial charge in [0.25, 0.3) is 5.91 Å². The van der Waals surface area contributed by atoms with E-state index in [0.29, 0.717) is 61.4 Å². The molecule has 1 aromatic heterocycles. The number of fused-ring (bicyclic) bond motifs is 1. The van der Waals surface area contributed by atoms with Crippen molar-refractivity contribution in [2.24, 2.45) is 0 Å². The van der Waals surface area contributed by atoms with Crippen LogP contribution in [0.4, 0.5) is 5.69 Å². The van der Waals surface area contributed by atoms with E-state index in [1.54, 1.807) is 4.31 Å². The van der Waals surface area contributed by atoms with Crippen molar-refractivity contribution >= 4 is 32.6 Å². The van der Waals surface area contributed by atoms with Gasteiger partial charge >= 0.3 is 0 Å². The summed E-state index contributed by atoms with van der Waals surface area (Å²) in [5, 5.41) is 0.704. The Morgan fingerprint density at radius 1 is 0.857 bits per heavy atom. The quantitative estimate of drug-likeness (QED) is 0.533. The topological polar surface area (TPSA) is 74.1 Å². The number of carbonyl (C=O) groups excluding carboxylic acids is 1. The molecule has 5 rings (SSSR count). The molecule has 2 saturated heterocycles. The average Bonchev–Trinajstić information content (AvgIpc) is 3.20. The lowest BCUT2D eigenvalue weighted by Crippen LogP contribution is -2.48. The van der Waals surface area contributed by atoms with Gasteiger partial charge in [0.15, 0.2) is 11.3 Å². The molecule has 2 aromatic carbocycles. The van der Waals surface area contributed by atoms with E-state index in [2.05, 4.69) is 4.90 Å². The van der Waals surface area contributed by atoms with Crippen molar-refractivity contribution in [3.8, 4) is 0 Å². The molecule has 0 spiro atoms. The van der Waals surface area contributed by atoms with E-state index >= 15 is 0 Å². The number of piperidine rings is 1. The van der Waals surface area contributed by atoms with Crippen molar-refractivity contribution < 1.29 is 17.6 Å². The number of nitrogens with zero attached hydrogens (tertiary/aromatic N) is 3. The van der Waals surface area contributed by atoms with Gasteiger partial charge in [0.1, 0.15) is 4.90 Å². The number of carbonyl (C=O) groups is 1. The Morgan fingerprint density at radius 2 is 1.51 bits per heavy atom. The first-order valence-corrected chi connectivity index (χ1v) is 13.9. The molecule has 2 fully saturated rings. The fraction of sp³-hybridized carbons (Fsp3) is 0.444. The number of anilines is 1. The number of piperazine rings is 1. The van der Waals surface area contributed by atoms with Gasteiger partial charge < -0.3 is 14.2 Å². The molecule has 0 aliphatic carbocycles. The van der Waals surface area contributed by atoms with E-state index in [0.717, 1.165) is 30.5 Å². The summed E-state index contributed by atoms with van der Waals surface area (Å²) in [5.74, 6) is 0.116. The number of amides is 1. The van der Waals surface area contributed by atoms with Gasteiger partial charge in [-0.15, -0.1) is 0 Å². The van der Waals surface area contributed by atoms with Crippen LogP contribution in [-0.4, -0.2) is 62.8 Å². The number of hydrogen-bond acceptors (Lipinski definition) is 5. The van der Waals surface area contributed by atoms with Gasteiger partial charge in [-0.3, -0.25) is 4.79 Å². The van der Waals surface area contributed by atoms with E-state index < -0.39 is 10.0 Å². The molecule has 7 nitrogen and oxygen atoms in total. The molecule has 0 saturated carbocycles. The Hall–Kier alpha value is -2.84. The molecule has 0 bridgehead atoms. The zero-order valence-electron chi connectivity index (χ0n) is 20.7. The number of rotatable bonds is 4. The highest BCUT2D eigenvalue weighted by Crippen LogP contribution is 2.37. The van der Waals surface area contributed by atoms with Crippen molar-refractivity contribution in [3.63, 3.8) is 0 Å². The molecule has 0 N–H and O–H groups in total. The van der Waals surface area contributed by atoms with Crippen LogP contribution in [0.25, 0.3) is 11.0 Å². The number of hydrogen-bond donors (Lipinski definition) is 0. The maximum Gasteiger partial charge on any atom is 0.289 e. The van der Waals surface area contributed by atoms with Gasteiger partial charge in [-0.05, 0) is 69.4 Å². The van der Waals surface area contributed by atoms with Crippen LogP contribution in [0.15, 0.2) is 45.7 Å². The summed E-state index contributed by atoms with van der Waals surface area (Å²) in [7, 11) is -3.81. The van der Waals surface area contributed by atoms with Gasteiger partial charge in [-0.2, -0.15) is 4.31 Å². The zero-order valence-corrected chi connectivity index (χ0v) is 21.5. The lowest BCUT2D eigenvalue weighted by molar-refractivity contribution is 0.0693.